The lowest BCUT2D eigenvalue weighted by atomic mass is 9.87. The Bertz CT molecular complexity index is 302. The van der Waals surface area contributed by atoms with E-state index in [0.29, 0.717) is 11.3 Å². The highest BCUT2D eigenvalue weighted by Gasteiger charge is 2.23. The van der Waals surface area contributed by atoms with E-state index in [1.54, 1.807) is 18.4 Å². The minimum Gasteiger partial charge on any atom is -0.473 e. The van der Waals surface area contributed by atoms with Crippen molar-refractivity contribution >= 4 is 22.9 Å². The zero-order valence-electron chi connectivity index (χ0n) is 8.20. The first-order valence-corrected chi connectivity index (χ1v) is 6.24. The summed E-state index contributed by atoms with van der Waals surface area (Å²) >= 11 is 7.71. The zero-order valence-corrected chi connectivity index (χ0v) is 9.77. The third kappa shape index (κ3) is 2.20. The highest BCUT2D eigenvalue weighted by Crippen LogP contribution is 2.36. The third-order valence-corrected chi connectivity index (χ3v) is 3.92. The van der Waals surface area contributed by atoms with Crippen molar-refractivity contribution in [1.82, 2.24) is 4.98 Å². The number of alkyl halides is 1. The van der Waals surface area contributed by atoms with Crippen LogP contribution in [0.4, 0.5) is 0 Å². The van der Waals surface area contributed by atoms with Gasteiger partial charge < -0.3 is 4.74 Å². The number of halogens is 1. The van der Waals surface area contributed by atoms with Crippen molar-refractivity contribution in [3.8, 4) is 5.19 Å². The van der Waals surface area contributed by atoms with E-state index in [4.69, 9.17) is 16.3 Å². The Morgan fingerprint density at radius 3 is 3.07 bits per heavy atom. The van der Waals surface area contributed by atoms with Crippen LogP contribution >= 0.6 is 22.9 Å². The van der Waals surface area contributed by atoms with Gasteiger partial charge >= 0.3 is 0 Å². The van der Waals surface area contributed by atoms with Crippen LogP contribution in [0.15, 0.2) is 5.38 Å². The molecule has 1 aromatic rings. The molecule has 0 amide bonds. The van der Waals surface area contributed by atoms with Gasteiger partial charge in [0, 0.05) is 16.7 Å². The molecule has 0 bridgehead atoms. The summed E-state index contributed by atoms with van der Waals surface area (Å²) < 4.78 is 5.09. The monoisotopic (exact) mass is 231 g/mol. The molecule has 1 aliphatic carbocycles. The fourth-order valence-corrected chi connectivity index (χ4v) is 3.04. The number of thiazole rings is 1. The number of hydrogen-bond donors (Lipinski definition) is 0. The molecular formula is C10H14ClNOS. The molecular weight excluding hydrogens is 218 g/mol. The maximum atomic E-state index is 6.15. The predicted octanol–water partition coefficient (Wildman–Crippen LogP) is 3.42. The maximum Gasteiger partial charge on any atom is 0.273 e. The molecule has 1 fully saturated rings. The highest BCUT2D eigenvalue weighted by molar-refractivity contribution is 7.11. The fourth-order valence-electron chi connectivity index (χ4n) is 1.95. The van der Waals surface area contributed by atoms with Gasteiger partial charge in [0.1, 0.15) is 0 Å². The lowest BCUT2D eigenvalue weighted by Gasteiger charge is -2.23. The quantitative estimate of drug-likeness (QED) is 0.728. The van der Waals surface area contributed by atoms with Crippen molar-refractivity contribution in [3.05, 3.63) is 11.1 Å². The number of hydrogen-bond acceptors (Lipinski definition) is 3. The fraction of sp³-hybridized carbons (Fsp3) is 0.700. The largest absolute Gasteiger partial charge is 0.473 e. The van der Waals surface area contributed by atoms with Crippen LogP contribution in [0.2, 0.25) is 0 Å². The summed E-state index contributed by atoms with van der Waals surface area (Å²) in [6.45, 7) is 0. The van der Waals surface area contributed by atoms with Crippen molar-refractivity contribution in [2.24, 2.45) is 0 Å². The average molecular weight is 232 g/mol. The molecule has 1 aromatic heterocycles. The van der Waals surface area contributed by atoms with Crippen LogP contribution in [0, 0.1) is 0 Å². The summed E-state index contributed by atoms with van der Waals surface area (Å²) in [4.78, 5) is 4.42. The molecule has 0 N–H and O–H groups in total. The number of methoxy groups -OCH3 is 1. The Morgan fingerprint density at radius 2 is 2.43 bits per heavy atom. The average Bonchev–Trinajstić information content (AvgIpc) is 2.66. The molecule has 2 rings (SSSR count). The normalized spacial score (nSPS) is 27.6. The van der Waals surface area contributed by atoms with Crippen LogP contribution in [0.5, 0.6) is 5.19 Å². The molecule has 2 nitrogen and oxygen atoms in total. The van der Waals surface area contributed by atoms with E-state index in [9.17, 15) is 0 Å². The number of rotatable bonds is 2. The Balaban J connectivity index is 2.06. The zero-order chi connectivity index (χ0) is 9.97. The molecule has 0 spiro atoms. The molecule has 14 heavy (non-hydrogen) atoms. The molecule has 78 valence electrons. The first-order valence-electron chi connectivity index (χ1n) is 4.93. The van der Waals surface area contributed by atoms with E-state index in [-0.39, 0.29) is 0 Å². The van der Waals surface area contributed by atoms with Crippen LogP contribution in [0.25, 0.3) is 0 Å². The van der Waals surface area contributed by atoms with Gasteiger partial charge in [-0.3, -0.25) is 0 Å². The van der Waals surface area contributed by atoms with Crippen molar-refractivity contribution in [2.75, 3.05) is 7.11 Å². The smallest absolute Gasteiger partial charge is 0.273 e. The topological polar surface area (TPSA) is 22.1 Å². The second-order valence-corrected chi connectivity index (χ2v) is 5.14. The van der Waals surface area contributed by atoms with Crippen LogP contribution < -0.4 is 4.74 Å². The Labute approximate surface area is 93.3 Å². The Kier molecular flexibility index (Phi) is 3.29. The Hall–Kier alpha value is -0.280. The van der Waals surface area contributed by atoms with E-state index in [1.165, 1.54) is 12.8 Å². The van der Waals surface area contributed by atoms with Gasteiger partial charge in [-0.2, -0.15) is 0 Å². The predicted molar refractivity (Wildman–Crippen MR) is 59.5 cm³/mol. The van der Waals surface area contributed by atoms with Crippen LogP contribution in [-0.4, -0.2) is 17.5 Å². The number of ether oxygens (including phenoxy) is 1. The van der Waals surface area contributed by atoms with Gasteiger partial charge in [-0.25, -0.2) is 4.98 Å². The molecule has 4 heteroatoms. The number of aromatic nitrogens is 1. The lowest BCUT2D eigenvalue weighted by Crippen LogP contribution is -2.14. The molecule has 2 unspecified atom stereocenters. The molecule has 0 saturated heterocycles. The minimum atomic E-state index is 0.335. The van der Waals surface area contributed by atoms with E-state index in [1.807, 2.05) is 0 Å². The van der Waals surface area contributed by atoms with E-state index >= 15 is 0 Å². The van der Waals surface area contributed by atoms with Crippen LogP contribution in [-0.2, 0) is 0 Å². The number of nitrogens with zero attached hydrogens (tertiary/aromatic N) is 1. The highest BCUT2D eigenvalue weighted by atomic mass is 35.5. The van der Waals surface area contributed by atoms with Crippen LogP contribution in [0.1, 0.15) is 37.3 Å². The summed E-state index contributed by atoms with van der Waals surface area (Å²) in [6.07, 6.45) is 4.66. The van der Waals surface area contributed by atoms with Gasteiger partial charge in [-0.05, 0) is 19.3 Å². The van der Waals surface area contributed by atoms with Gasteiger partial charge in [-0.15, -0.1) is 11.6 Å². The van der Waals surface area contributed by atoms with Gasteiger partial charge in [-0.1, -0.05) is 17.8 Å². The van der Waals surface area contributed by atoms with Gasteiger partial charge in [0.2, 0.25) is 0 Å². The third-order valence-electron chi connectivity index (χ3n) is 2.70. The molecule has 1 heterocycles. The van der Waals surface area contributed by atoms with Gasteiger partial charge in [0.15, 0.2) is 0 Å². The SMILES string of the molecule is COc1nc(C2CCCC(Cl)C2)cs1. The molecule has 0 aliphatic heterocycles. The summed E-state index contributed by atoms with van der Waals surface area (Å²) in [6, 6.07) is 0. The summed E-state index contributed by atoms with van der Waals surface area (Å²) in [5.41, 5.74) is 1.16. The molecule has 0 radical (unpaired) electrons. The van der Waals surface area contributed by atoms with Crippen molar-refractivity contribution in [1.29, 1.82) is 0 Å². The standard InChI is InChI=1S/C10H14ClNOS/c1-13-10-12-9(6-14-10)7-3-2-4-8(11)5-7/h6-8H,2-5H2,1H3. The maximum absolute atomic E-state index is 6.15. The molecule has 0 aromatic carbocycles. The first kappa shape index (κ1) is 10.2. The Morgan fingerprint density at radius 1 is 1.57 bits per heavy atom. The minimum absolute atomic E-state index is 0.335. The van der Waals surface area contributed by atoms with Crippen LogP contribution in [0.3, 0.4) is 0 Å². The molecule has 2 atom stereocenters. The van der Waals surface area contributed by atoms with Crippen molar-refractivity contribution in [2.45, 2.75) is 37.0 Å². The summed E-state index contributed by atoms with van der Waals surface area (Å²) in [5.74, 6) is 0.548. The molecule has 1 saturated carbocycles. The summed E-state index contributed by atoms with van der Waals surface area (Å²) in [7, 11) is 1.66. The van der Waals surface area contributed by atoms with E-state index in [2.05, 4.69) is 10.4 Å². The molecule has 1 aliphatic rings. The van der Waals surface area contributed by atoms with E-state index in [0.717, 1.165) is 23.7 Å². The van der Waals surface area contributed by atoms with Gasteiger partial charge in [0.25, 0.3) is 5.19 Å². The van der Waals surface area contributed by atoms with Crippen molar-refractivity contribution in [3.63, 3.8) is 0 Å². The van der Waals surface area contributed by atoms with Gasteiger partial charge in [0.05, 0.1) is 12.8 Å². The lowest BCUT2D eigenvalue weighted by molar-refractivity contribution is 0.403. The first-order chi connectivity index (χ1) is 6.79. The second kappa shape index (κ2) is 4.49. The van der Waals surface area contributed by atoms with Crippen molar-refractivity contribution < 1.29 is 4.74 Å². The summed E-state index contributed by atoms with van der Waals surface area (Å²) in [5, 5.41) is 3.19. The second-order valence-electron chi connectivity index (χ2n) is 3.70. The van der Waals surface area contributed by atoms with E-state index < -0.39 is 0 Å².